The molecule has 1 fully saturated rings. The molecule has 0 saturated carbocycles. The average molecular weight is 524 g/mol. The number of carboxylic acids is 1. The maximum absolute atomic E-state index is 12.8. The van der Waals surface area contributed by atoms with Crippen molar-refractivity contribution in [2.75, 3.05) is 6.61 Å². The monoisotopic (exact) mass is 523 g/mol. The topological polar surface area (TPSA) is 166 Å². The first-order valence-corrected chi connectivity index (χ1v) is 12.0. The van der Waals surface area contributed by atoms with E-state index in [0.29, 0.717) is 16.9 Å². The number of aliphatic carboxylic acids is 1. The summed E-state index contributed by atoms with van der Waals surface area (Å²) >= 11 is 0. The number of ether oxygens (including phenoxy) is 2. The number of carbonyl (C=O) groups excluding carboxylic acids is 1. The van der Waals surface area contributed by atoms with E-state index >= 15 is 0 Å². The first kappa shape index (κ1) is 27.2. The zero-order chi connectivity index (χ0) is 27.2. The van der Waals surface area contributed by atoms with Gasteiger partial charge in [0.2, 0.25) is 6.29 Å². The smallest absolute Gasteiger partial charge is 0.326 e. The molecule has 10 heteroatoms. The van der Waals surface area contributed by atoms with Crippen LogP contribution in [-0.2, 0) is 16.0 Å². The lowest BCUT2D eigenvalue weighted by atomic mass is 9.99. The molecule has 6 N–H and O–H groups in total. The van der Waals surface area contributed by atoms with Crippen LogP contribution in [0.25, 0.3) is 11.1 Å². The molecule has 200 valence electrons. The predicted molar refractivity (Wildman–Crippen MR) is 135 cm³/mol. The average Bonchev–Trinajstić information content (AvgIpc) is 2.94. The molecule has 3 aromatic carbocycles. The van der Waals surface area contributed by atoms with Gasteiger partial charge in [-0.15, -0.1) is 0 Å². The number of hydrogen-bond donors (Lipinski definition) is 6. The second kappa shape index (κ2) is 12.2. The SMILES string of the molecule is O=C(NC(Cc1ccccc1)C(=O)O)c1ccc(-c2ccccc2OC2OC(CO)C(O)C(O)C2O)cc1. The van der Waals surface area contributed by atoms with Gasteiger partial charge in [-0.2, -0.15) is 0 Å². The summed E-state index contributed by atoms with van der Waals surface area (Å²) in [5.41, 5.74) is 2.29. The molecule has 0 radical (unpaired) electrons. The third-order valence-electron chi connectivity index (χ3n) is 6.32. The normalized spacial score (nSPS) is 23.8. The molecule has 1 amide bonds. The first-order chi connectivity index (χ1) is 18.3. The molecular weight excluding hydrogens is 494 g/mol. The number of aliphatic hydroxyl groups excluding tert-OH is 4. The van der Waals surface area contributed by atoms with Gasteiger partial charge >= 0.3 is 5.97 Å². The van der Waals surface area contributed by atoms with Crippen LogP contribution in [0.4, 0.5) is 0 Å². The van der Waals surface area contributed by atoms with Crippen LogP contribution in [0.3, 0.4) is 0 Å². The van der Waals surface area contributed by atoms with Crippen molar-refractivity contribution in [3.05, 3.63) is 90.0 Å². The third-order valence-corrected chi connectivity index (χ3v) is 6.32. The Bertz CT molecular complexity index is 1230. The number of para-hydroxylation sites is 1. The Labute approximate surface area is 218 Å². The Hall–Kier alpha value is -3.80. The van der Waals surface area contributed by atoms with Crippen LogP contribution >= 0.6 is 0 Å². The van der Waals surface area contributed by atoms with Gasteiger partial charge in [-0.1, -0.05) is 60.7 Å². The van der Waals surface area contributed by atoms with E-state index in [4.69, 9.17) is 9.47 Å². The third kappa shape index (κ3) is 6.18. The molecule has 3 aromatic rings. The Kier molecular flexibility index (Phi) is 8.72. The second-order valence-corrected chi connectivity index (χ2v) is 8.94. The van der Waals surface area contributed by atoms with Crippen molar-refractivity contribution in [1.82, 2.24) is 5.32 Å². The summed E-state index contributed by atoms with van der Waals surface area (Å²) in [7, 11) is 0. The van der Waals surface area contributed by atoms with Crippen LogP contribution in [-0.4, -0.2) is 80.8 Å². The van der Waals surface area contributed by atoms with Crippen molar-refractivity contribution in [1.29, 1.82) is 0 Å². The summed E-state index contributed by atoms with van der Waals surface area (Å²) in [6.07, 6.45) is -6.97. The summed E-state index contributed by atoms with van der Waals surface area (Å²) in [5, 5.41) is 51.9. The van der Waals surface area contributed by atoms with Crippen molar-refractivity contribution < 1.29 is 44.6 Å². The van der Waals surface area contributed by atoms with Crippen molar-refractivity contribution >= 4 is 11.9 Å². The highest BCUT2D eigenvalue weighted by Gasteiger charge is 2.44. The first-order valence-electron chi connectivity index (χ1n) is 12.0. The van der Waals surface area contributed by atoms with Crippen molar-refractivity contribution in [2.24, 2.45) is 0 Å². The number of carboxylic acid groups (broad SMARTS) is 1. The van der Waals surface area contributed by atoms with Gasteiger partial charge in [0.05, 0.1) is 6.61 Å². The molecule has 1 heterocycles. The van der Waals surface area contributed by atoms with Crippen LogP contribution in [0.1, 0.15) is 15.9 Å². The van der Waals surface area contributed by atoms with Gasteiger partial charge in [-0.3, -0.25) is 4.79 Å². The van der Waals surface area contributed by atoms with Crippen LogP contribution in [0.5, 0.6) is 5.75 Å². The van der Waals surface area contributed by atoms with Gasteiger partial charge in [0.15, 0.2) is 0 Å². The Balaban J connectivity index is 1.48. The summed E-state index contributed by atoms with van der Waals surface area (Å²) in [4.78, 5) is 24.5. The van der Waals surface area contributed by atoms with Gasteiger partial charge in [0.25, 0.3) is 5.91 Å². The fourth-order valence-electron chi connectivity index (χ4n) is 4.19. The van der Waals surface area contributed by atoms with Gasteiger partial charge in [0, 0.05) is 17.5 Å². The molecule has 0 spiro atoms. The Morgan fingerprint density at radius 2 is 1.53 bits per heavy atom. The Morgan fingerprint density at radius 1 is 0.868 bits per heavy atom. The molecule has 1 aliphatic rings. The number of amides is 1. The molecular formula is C28H29NO9. The molecule has 38 heavy (non-hydrogen) atoms. The molecule has 0 bridgehead atoms. The van der Waals surface area contributed by atoms with Crippen molar-refractivity contribution in [3.8, 4) is 16.9 Å². The fourth-order valence-corrected chi connectivity index (χ4v) is 4.19. The number of carbonyl (C=O) groups is 2. The van der Waals surface area contributed by atoms with Crippen molar-refractivity contribution in [2.45, 2.75) is 43.2 Å². The lowest BCUT2D eigenvalue weighted by Crippen LogP contribution is -2.60. The summed E-state index contributed by atoms with van der Waals surface area (Å²) in [6, 6.07) is 21.2. The minimum Gasteiger partial charge on any atom is -0.480 e. The maximum Gasteiger partial charge on any atom is 0.326 e. The molecule has 10 nitrogen and oxygen atoms in total. The van der Waals surface area contributed by atoms with E-state index < -0.39 is 55.2 Å². The number of aliphatic hydroxyl groups is 4. The molecule has 1 saturated heterocycles. The lowest BCUT2D eigenvalue weighted by molar-refractivity contribution is -0.277. The highest BCUT2D eigenvalue weighted by Crippen LogP contribution is 2.33. The number of hydrogen-bond acceptors (Lipinski definition) is 8. The minimum absolute atomic E-state index is 0.142. The molecule has 0 aromatic heterocycles. The van der Waals surface area contributed by atoms with E-state index in [-0.39, 0.29) is 12.0 Å². The molecule has 6 unspecified atom stereocenters. The van der Waals surface area contributed by atoms with Crippen LogP contribution in [0.15, 0.2) is 78.9 Å². The zero-order valence-electron chi connectivity index (χ0n) is 20.3. The minimum atomic E-state index is -1.58. The molecule has 6 atom stereocenters. The molecule has 1 aliphatic heterocycles. The zero-order valence-corrected chi connectivity index (χ0v) is 20.3. The van der Waals surface area contributed by atoms with E-state index in [1.807, 2.05) is 6.07 Å². The van der Waals surface area contributed by atoms with Gasteiger partial charge in [-0.25, -0.2) is 4.79 Å². The van der Waals surface area contributed by atoms with Gasteiger partial charge < -0.3 is 40.3 Å². The molecule has 0 aliphatic carbocycles. The highest BCUT2D eigenvalue weighted by atomic mass is 16.7. The largest absolute Gasteiger partial charge is 0.480 e. The van der Waals surface area contributed by atoms with Crippen LogP contribution in [0.2, 0.25) is 0 Å². The van der Waals surface area contributed by atoms with E-state index in [0.717, 1.165) is 5.56 Å². The number of benzene rings is 3. The van der Waals surface area contributed by atoms with Gasteiger partial charge in [-0.05, 0) is 29.3 Å². The van der Waals surface area contributed by atoms with Crippen LogP contribution in [0, 0.1) is 0 Å². The number of rotatable bonds is 9. The van der Waals surface area contributed by atoms with E-state index in [2.05, 4.69) is 5.32 Å². The Morgan fingerprint density at radius 3 is 2.18 bits per heavy atom. The van der Waals surface area contributed by atoms with E-state index in [1.165, 1.54) is 0 Å². The lowest BCUT2D eigenvalue weighted by Gasteiger charge is -2.39. The van der Waals surface area contributed by atoms with Gasteiger partial charge in [0.1, 0.15) is 36.2 Å². The summed E-state index contributed by atoms with van der Waals surface area (Å²) in [5.74, 6) is -1.38. The highest BCUT2D eigenvalue weighted by molar-refractivity contribution is 5.97. The van der Waals surface area contributed by atoms with E-state index in [1.54, 1.807) is 72.8 Å². The van der Waals surface area contributed by atoms with Crippen LogP contribution < -0.4 is 10.1 Å². The summed E-state index contributed by atoms with van der Waals surface area (Å²) in [6.45, 7) is -0.579. The second-order valence-electron chi connectivity index (χ2n) is 8.94. The maximum atomic E-state index is 12.8. The summed E-state index contributed by atoms with van der Waals surface area (Å²) < 4.78 is 11.3. The van der Waals surface area contributed by atoms with E-state index in [9.17, 15) is 35.1 Å². The molecule has 4 rings (SSSR count). The number of nitrogens with one attached hydrogen (secondary N) is 1. The standard InChI is InChI=1S/C28H29NO9/c30-15-22-23(31)24(32)25(33)28(38-22)37-21-9-5-4-8-19(21)17-10-12-18(13-11-17)26(34)29-20(27(35)36)14-16-6-2-1-3-7-16/h1-13,20,22-25,28,30-33H,14-15H2,(H,29,34)(H,35,36). The van der Waals surface area contributed by atoms with Crippen molar-refractivity contribution in [3.63, 3.8) is 0 Å². The fraction of sp³-hybridized carbons (Fsp3) is 0.286. The quantitative estimate of drug-likeness (QED) is 0.240. The predicted octanol–water partition coefficient (Wildman–Crippen LogP) is 0.958.